The molecule has 2 saturated heterocycles. The molecule has 0 radical (unpaired) electrons. The summed E-state index contributed by atoms with van der Waals surface area (Å²) in [5, 5.41) is 18.2. The number of nitrogens with one attached hydrogen (secondary N) is 1. The number of nitrogens with zero attached hydrogens (tertiary/aromatic N) is 7. The van der Waals surface area contributed by atoms with Crippen LogP contribution < -0.4 is 20.7 Å². The number of nitriles is 1. The van der Waals surface area contributed by atoms with Crippen molar-refractivity contribution in [1.82, 2.24) is 30.3 Å². The quantitative estimate of drug-likeness (QED) is 0.435. The number of piperazine rings is 1. The van der Waals surface area contributed by atoms with Crippen LogP contribution in [-0.2, 0) is 11.8 Å². The molecule has 3 N–H and O–H groups in total. The number of likely N-dealkylation sites (N-methyl/N-ethyl adjacent to an activating group) is 1. The maximum atomic E-state index is 9.88. The minimum Gasteiger partial charge on any atom is -0.454 e. The molecular weight excluding hydrogens is 538 g/mol. The van der Waals surface area contributed by atoms with Crippen molar-refractivity contribution >= 4 is 22.2 Å². The number of hydrogen-bond acceptors (Lipinski definition) is 12. The molecule has 3 aromatic heterocycles. The van der Waals surface area contributed by atoms with E-state index in [9.17, 15) is 5.26 Å². The Labute approximate surface area is 243 Å². The van der Waals surface area contributed by atoms with E-state index in [2.05, 4.69) is 59.4 Å². The molecule has 4 aliphatic rings. The summed E-state index contributed by atoms with van der Waals surface area (Å²) in [5.74, 6) is 2.68. The van der Waals surface area contributed by atoms with Gasteiger partial charge in [0.2, 0.25) is 11.7 Å². The Morgan fingerprint density at radius 2 is 2.07 bits per heavy atom. The van der Waals surface area contributed by atoms with Crippen LogP contribution in [0.2, 0.25) is 0 Å². The number of hydrogen-bond donors (Lipinski definition) is 2. The minimum absolute atomic E-state index is 0.145. The van der Waals surface area contributed by atoms with Gasteiger partial charge in [-0.25, -0.2) is 0 Å². The number of aryl methyl sites for hydroxylation is 1. The molecule has 0 aromatic carbocycles. The van der Waals surface area contributed by atoms with Crippen molar-refractivity contribution in [3.63, 3.8) is 0 Å². The average molecular weight is 574 g/mol. The zero-order chi connectivity index (χ0) is 28.3. The van der Waals surface area contributed by atoms with Crippen molar-refractivity contribution in [3.8, 4) is 23.6 Å². The number of nitrogens with two attached hydrogens (primary N) is 1. The summed E-state index contributed by atoms with van der Waals surface area (Å²) in [7, 11) is 2.16. The van der Waals surface area contributed by atoms with Crippen LogP contribution in [0.3, 0.4) is 0 Å². The molecule has 41 heavy (non-hydrogen) atoms. The molecule has 2 aliphatic heterocycles. The number of likely N-dealkylation sites (tertiary alicyclic amines) is 1. The summed E-state index contributed by atoms with van der Waals surface area (Å²) in [6.45, 7) is 8.81. The summed E-state index contributed by atoms with van der Waals surface area (Å²) < 4.78 is 12.4. The molecule has 11 nitrogen and oxygen atoms in total. The first kappa shape index (κ1) is 26.4. The van der Waals surface area contributed by atoms with Crippen molar-refractivity contribution in [2.24, 2.45) is 11.8 Å². The van der Waals surface area contributed by atoms with Crippen LogP contribution in [0.15, 0.2) is 22.7 Å². The van der Waals surface area contributed by atoms with Crippen molar-refractivity contribution in [3.05, 3.63) is 40.1 Å². The predicted octanol–water partition coefficient (Wildman–Crippen LogP) is 2.98. The third kappa shape index (κ3) is 4.38. The number of thiophene rings is 1. The van der Waals surface area contributed by atoms with Crippen LogP contribution in [0, 0.1) is 23.2 Å². The molecule has 2 fully saturated rings. The number of aromatic nitrogens is 4. The van der Waals surface area contributed by atoms with E-state index in [0.29, 0.717) is 45.8 Å². The minimum atomic E-state index is -0.599. The van der Waals surface area contributed by atoms with Crippen molar-refractivity contribution in [1.29, 1.82) is 5.26 Å². The second kappa shape index (κ2) is 10.1. The molecule has 0 amide bonds. The predicted molar refractivity (Wildman–Crippen MR) is 156 cm³/mol. The summed E-state index contributed by atoms with van der Waals surface area (Å²) in [6.07, 6.45) is 6.93. The molecule has 3 aromatic rings. The van der Waals surface area contributed by atoms with Crippen LogP contribution in [0.4, 0.5) is 10.8 Å². The SMILES string of the molecule is CC1C2C=CC(Oc3nc(-c4noc([C@@]5(C)CCCc6sc(N)c(C#N)c65)n4)cc(N4CCNCC4)n3)C1N(C)C2. The zero-order valence-corrected chi connectivity index (χ0v) is 24.4. The molecule has 4 unspecified atom stereocenters. The van der Waals surface area contributed by atoms with E-state index in [1.807, 2.05) is 6.07 Å². The van der Waals surface area contributed by atoms with Gasteiger partial charge in [-0.3, -0.25) is 4.90 Å². The second-order valence-corrected chi connectivity index (χ2v) is 13.0. The molecule has 5 heterocycles. The lowest BCUT2D eigenvalue weighted by atomic mass is 9.72. The zero-order valence-electron chi connectivity index (χ0n) is 23.6. The normalized spacial score (nSPS) is 29.4. The van der Waals surface area contributed by atoms with Gasteiger partial charge in [0.25, 0.3) is 0 Å². The Balaban J connectivity index is 1.26. The number of ether oxygens (including phenoxy) is 1. The molecule has 2 aliphatic carbocycles. The van der Waals surface area contributed by atoms with Gasteiger partial charge in [-0.15, -0.1) is 11.3 Å². The molecule has 12 heteroatoms. The van der Waals surface area contributed by atoms with Gasteiger partial charge >= 0.3 is 6.01 Å². The summed E-state index contributed by atoms with van der Waals surface area (Å²) >= 11 is 1.49. The maximum Gasteiger partial charge on any atom is 0.319 e. The summed E-state index contributed by atoms with van der Waals surface area (Å²) in [5.41, 5.74) is 7.63. The molecule has 5 atom stereocenters. The van der Waals surface area contributed by atoms with Gasteiger partial charge in [0.1, 0.15) is 28.7 Å². The Kier molecular flexibility index (Phi) is 6.48. The first-order chi connectivity index (χ1) is 19.9. The van der Waals surface area contributed by atoms with E-state index < -0.39 is 5.41 Å². The Morgan fingerprint density at radius 1 is 1.24 bits per heavy atom. The lowest BCUT2D eigenvalue weighted by Crippen LogP contribution is -2.44. The van der Waals surface area contributed by atoms with E-state index >= 15 is 0 Å². The first-order valence-corrected chi connectivity index (χ1v) is 15.2. The third-order valence-electron chi connectivity index (χ3n) is 9.36. The number of nitrogen functional groups attached to an aromatic ring is 1. The van der Waals surface area contributed by atoms with Crippen LogP contribution >= 0.6 is 11.3 Å². The van der Waals surface area contributed by atoms with Gasteiger partial charge in [-0.1, -0.05) is 18.2 Å². The lowest BCUT2D eigenvalue weighted by Gasteiger charge is -2.32. The fourth-order valence-electron chi connectivity index (χ4n) is 7.16. The number of rotatable bonds is 5. The lowest BCUT2D eigenvalue weighted by molar-refractivity contribution is 0.110. The van der Waals surface area contributed by atoms with Gasteiger partial charge in [0.15, 0.2) is 0 Å². The van der Waals surface area contributed by atoms with E-state index in [4.69, 9.17) is 29.9 Å². The Bertz CT molecular complexity index is 1540. The molecule has 214 valence electrons. The summed E-state index contributed by atoms with van der Waals surface area (Å²) in [4.78, 5) is 20.3. The third-order valence-corrected chi connectivity index (χ3v) is 10.4. The van der Waals surface area contributed by atoms with Gasteiger partial charge in [0, 0.05) is 49.2 Å². The standard InChI is InChI=1S/C29H35N9O2S/c1-16-17-6-7-20(24(16)37(3)15-17)39-28-33-19(13-22(34-28)38-11-9-32-10-12-38)26-35-27(40-36-26)29(2)8-4-5-21-23(29)18(14-30)25(31)41-21/h6-7,13,16-17,20,24,32H,4-5,8-12,15,31H2,1-3H3/t16?,17?,20?,24?,29-/m0/s1. The highest BCUT2D eigenvalue weighted by Crippen LogP contribution is 2.48. The molecule has 2 bridgehead atoms. The fourth-order valence-corrected chi connectivity index (χ4v) is 8.35. The number of fused-ring (bicyclic) bond motifs is 3. The monoisotopic (exact) mass is 573 g/mol. The molecule has 0 spiro atoms. The fraction of sp³-hybridized carbons (Fsp3) is 0.552. The van der Waals surface area contributed by atoms with Crippen LogP contribution in [0.25, 0.3) is 11.5 Å². The largest absolute Gasteiger partial charge is 0.454 e. The highest BCUT2D eigenvalue weighted by atomic mass is 32.1. The van der Waals surface area contributed by atoms with Crippen molar-refractivity contribution < 1.29 is 9.26 Å². The van der Waals surface area contributed by atoms with Gasteiger partial charge in [0.05, 0.1) is 17.0 Å². The topological polar surface area (TPSA) is 142 Å². The Hall–Kier alpha value is -3.53. The second-order valence-electron chi connectivity index (χ2n) is 11.9. The summed E-state index contributed by atoms with van der Waals surface area (Å²) in [6, 6.07) is 4.81. The van der Waals surface area contributed by atoms with Gasteiger partial charge in [-0.2, -0.15) is 20.2 Å². The van der Waals surface area contributed by atoms with E-state index in [1.165, 1.54) is 11.3 Å². The van der Waals surface area contributed by atoms with Crippen molar-refractivity contribution in [2.45, 2.75) is 50.7 Å². The molecule has 7 rings (SSSR count). The van der Waals surface area contributed by atoms with Gasteiger partial charge in [-0.05, 0) is 51.1 Å². The highest BCUT2D eigenvalue weighted by Gasteiger charge is 2.45. The van der Waals surface area contributed by atoms with Crippen LogP contribution in [0.1, 0.15) is 48.6 Å². The Morgan fingerprint density at radius 3 is 2.88 bits per heavy atom. The van der Waals surface area contributed by atoms with E-state index in [0.717, 1.165) is 68.2 Å². The average Bonchev–Trinajstić information content (AvgIpc) is 3.64. The van der Waals surface area contributed by atoms with Gasteiger partial charge < -0.3 is 25.2 Å². The molecular formula is C29H35N9O2S. The van der Waals surface area contributed by atoms with Crippen LogP contribution in [0.5, 0.6) is 6.01 Å². The van der Waals surface area contributed by atoms with Crippen molar-refractivity contribution in [2.75, 3.05) is 50.4 Å². The number of anilines is 2. The first-order valence-electron chi connectivity index (χ1n) is 14.4. The van der Waals surface area contributed by atoms with E-state index in [-0.39, 0.29) is 12.1 Å². The maximum absolute atomic E-state index is 9.88. The highest BCUT2D eigenvalue weighted by molar-refractivity contribution is 7.16. The molecule has 0 saturated carbocycles. The van der Waals surface area contributed by atoms with E-state index in [1.54, 1.807) is 0 Å². The smallest absolute Gasteiger partial charge is 0.319 e. The van der Waals surface area contributed by atoms with Crippen LogP contribution in [-0.4, -0.2) is 76.9 Å².